The number of carboxylic acid groups (broad SMARTS) is 1. The number of carboxylic acids is 1. The van der Waals surface area contributed by atoms with Gasteiger partial charge in [0.2, 0.25) is 5.91 Å². The third kappa shape index (κ3) is 3.93. The number of carbonyl (C=O) groups excluding carboxylic acids is 1. The van der Waals surface area contributed by atoms with Gasteiger partial charge in [-0.15, -0.1) is 0 Å². The van der Waals surface area contributed by atoms with E-state index in [9.17, 15) is 14.7 Å². The highest BCUT2D eigenvalue weighted by molar-refractivity contribution is 5.96. The lowest BCUT2D eigenvalue weighted by Crippen LogP contribution is -2.16. The zero-order valence-electron chi connectivity index (χ0n) is 12.1. The van der Waals surface area contributed by atoms with Gasteiger partial charge in [-0.25, -0.2) is 4.79 Å². The van der Waals surface area contributed by atoms with Crippen LogP contribution >= 0.6 is 0 Å². The van der Waals surface area contributed by atoms with Crippen molar-refractivity contribution in [3.8, 4) is 0 Å². The molecule has 5 heteroatoms. The summed E-state index contributed by atoms with van der Waals surface area (Å²) in [5.41, 5.74) is 1.84. The van der Waals surface area contributed by atoms with Crippen molar-refractivity contribution >= 4 is 17.6 Å². The summed E-state index contributed by atoms with van der Waals surface area (Å²) in [6.07, 6.45) is -0.647. The molecule has 0 aliphatic carbocycles. The molecule has 3 N–H and O–H groups in total. The first kappa shape index (κ1) is 15.7. The van der Waals surface area contributed by atoms with E-state index in [4.69, 9.17) is 5.11 Å². The van der Waals surface area contributed by atoms with Crippen molar-refractivity contribution < 1.29 is 19.8 Å². The van der Waals surface area contributed by atoms with Crippen molar-refractivity contribution in [2.24, 2.45) is 0 Å². The lowest BCUT2D eigenvalue weighted by atomic mass is 10.0. The number of aliphatic hydroxyl groups excluding tert-OH is 1. The molecule has 2 rings (SSSR count). The molecule has 2 aromatic carbocycles. The number of hydrogen-bond acceptors (Lipinski definition) is 3. The van der Waals surface area contributed by atoms with Gasteiger partial charge in [0.15, 0.2) is 0 Å². The molecule has 0 aliphatic rings. The minimum Gasteiger partial charge on any atom is -0.478 e. The largest absolute Gasteiger partial charge is 0.478 e. The van der Waals surface area contributed by atoms with Crippen LogP contribution in [-0.2, 0) is 11.2 Å². The standard InChI is InChI=1S/C17H17NO4/c1-11(19)12-6-4-7-14(9-12)18-16(20)10-13-5-2-3-8-15(13)17(21)22/h2-9,11,19H,10H2,1H3,(H,18,20)(H,21,22). The molecule has 2 aromatic rings. The second-order valence-electron chi connectivity index (χ2n) is 4.99. The maximum absolute atomic E-state index is 12.1. The highest BCUT2D eigenvalue weighted by Gasteiger charge is 2.13. The molecule has 0 saturated heterocycles. The molecule has 0 saturated carbocycles. The summed E-state index contributed by atoms with van der Waals surface area (Å²) in [6.45, 7) is 1.64. The highest BCUT2D eigenvalue weighted by Crippen LogP contribution is 2.17. The number of carbonyl (C=O) groups is 2. The predicted octanol–water partition coefficient (Wildman–Crippen LogP) is 2.62. The highest BCUT2D eigenvalue weighted by atomic mass is 16.4. The zero-order chi connectivity index (χ0) is 16.1. The first-order valence-corrected chi connectivity index (χ1v) is 6.86. The van der Waals surface area contributed by atoms with Crippen LogP contribution in [0.5, 0.6) is 0 Å². The number of aliphatic hydroxyl groups is 1. The Morgan fingerprint density at radius 3 is 2.55 bits per heavy atom. The van der Waals surface area contributed by atoms with Crippen molar-refractivity contribution in [2.75, 3.05) is 5.32 Å². The summed E-state index contributed by atoms with van der Waals surface area (Å²) in [5, 5.41) is 21.4. The Kier molecular flexibility index (Phi) is 4.91. The molecule has 0 heterocycles. The molecule has 1 atom stereocenters. The van der Waals surface area contributed by atoms with E-state index in [0.29, 0.717) is 16.8 Å². The number of rotatable bonds is 5. The van der Waals surface area contributed by atoms with E-state index in [-0.39, 0.29) is 17.9 Å². The summed E-state index contributed by atoms with van der Waals surface area (Å²) in [6, 6.07) is 13.3. The molecule has 0 spiro atoms. The van der Waals surface area contributed by atoms with Crippen LogP contribution in [0.4, 0.5) is 5.69 Å². The average molecular weight is 299 g/mol. The van der Waals surface area contributed by atoms with Gasteiger partial charge in [0, 0.05) is 5.69 Å². The van der Waals surface area contributed by atoms with Crippen LogP contribution in [0.15, 0.2) is 48.5 Å². The SMILES string of the molecule is CC(O)c1cccc(NC(=O)Cc2ccccc2C(=O)O)c1. The smallest absolute Gasteiger partial charge is 0.335 e. The van der Waals surface area contributed by atoms with E-state index in [0.717, 1.165) is 0 Å². The predicted molar refractivity (Wildman–Crippen MR) is 82.8 cm³/mol. The van der Waals surface area contributed by atoms with Gasteiger partial charge in [-0.2, -0.15) is 0 Å². The van der Waals surface area contributed by atoms with Gasteiger partial charge >= 0.3 is 5.97 Å². The summed E-state index contributed by atoms with van der Waals surface area (Å²) in [4.78, 5) is 23.2. The Hall–Kier alpha value is -2.66. The van der Waals surface area contributed by atoms with E-state index in [1.54, 1.807) is 49.4 Å². The Labute approximate surface area is 128 Å². The lowest BCUT2D eigenvalue weighted by molar-refractivity contribution is -0.115. The second kappa shape index (κ2) is 6.87. The number of anilines is 1. The van der Waals surface area contributed by atoms with Crippen LogP contribution < -0.4 is 5.32 Å². The Morgan fingerprint density at radius 2 is 1.86 bits per heavy atom. The van der Waals surface area contributed by atoms with E-state index in [2.05, 4.69) is 5.32 Å². The summed E-state index contributed by atoms with van der Waals surface area (Å²) >= 11 is 0. The van der Waals surface area contributed by atoms with Crippen molar-refractivity contribution in [3.05, 3.63) is 65.2 Å². The van der Waals surface area contributed by atoms with Gasteiger partial charge < -0.3 is 15.5 Å². The van der Waals surface area contributed by atoms with Crippen LogP contribution in [0.3, 0.4) is 0 Å². The van der Waals surface area contributed by atoms with Gasteiger partial charge in [-0.1, -0.05) is 30.3 Å². The number of nitrogens with one attached hydrogen (secondary N) is 1. The van der Waals surface area contributed by atoms with Crippen LogP contribution in [-0.4, -0.2) is 22.1 Å². The quantitative estimate of drug-likeness (QED) is 0.792. The zero-order valence-corrected chi connectivity index (χ0v) is 12.1. The van der Waals surface area contributed by atoms with Gasteiger partial charge in [0.05, 0.1) is 18.1 Å². The van der Waals surface area contributed by atoms with Crippen LogP contribution in [0.2, 0.25) is 0 Å². The molecule has 0 bridgehead atoms. The summed E-state index contributed by atoms with van der Waals surface area (Å²) < 4.78 is 0. The van der Waals surface area contributed by atoms with E-state index in [1.165, 1.54) is 6.07 Å². The monoisotopic (exact) mass is 299 g/mol. The van der Waals surface area contributed by atoms with Gasteiger partial charge in [0.25, 0.3) is 0 Å². The number of benzene rings is 2. The van der Waals surface area contributed by atoms with Crippen molar-refractivity contribution in [3.63, 3.8) is 0 Å². The molecule has 5 nitrogen and oxygen atoms in total. The fourth-order valence-electron chi connectivity index (χ4n) is 2.14. The maximum Gasteiger partial charge on any atom is 0.335 e. The minimum atomic E-state index is -1.06. The third-order valence-corrected chi connectivity index (χ3v) is 3.25. The van der Waals surface area contributed by atoms with Gasteiger partial charge in [-0.05, 0) is 36.2 Å². The average Bonchev–Trinajstić information content (AvgIpc) is 2.47. The number of hydrogen-bond donors (Lipinski definition) is 3. The Bertz CT molecular complexity index is 695. The van der Waals surface area contributed by atoms with Crippen molar-refractivity contribution in [2.45, 2.75) is 19.4 Å². The Morgan fingerprint density at radius 1 is 1.14 bits per heavy atom. The first-order chi connectivity index (χ1) is 10.5. The molecule has 1 unspecified atom stereocenters. The van der Waals surface area contributed by atoms with Crippen LogP contribution in [0.1, 0.15) is 34.5 Å². The maximum atomic E-state index is 12.1. The minimum absolute atomic E-state index is 0.0264. The molecule has 22 heavy (non-hydrogen) atoms. The van der Waals surface area contributed by atoms with Crippen molar-refractivity contribution in [1.29, 1.82) is 0 Å². The van der Waals surface area contributed by atoms with Gasteiger partial charge in [-0.3, -0.25) is 4.79 Å². The fraction of sp³-hybridized carbons (Fsp3) is 0.176. The normalized spacial score (nSPS) is 11.7. The second-order valence-corrected chi connectivity index (χ2v) is 4.99. The molecular weight excluding hydrogens is 282 g/mol. The third-order valence-electron chi connectivity index (χ3n) is 3.25. The molecule has 0 aliphatic heterocycles. The first-order valence-electron chi connectivity index (χ1n) is 6.86. The molecular formula is C17H17NO4. The molecule has 0 radical (unpaired) electrons. The van der Waals surface area contributed by atoms with Crippen molar-refractivity contribution in [1.82, 2.24) is 0 Å². The Balaban J connectivity index is 2.11. The molecule has 0 aromatic heterocycles. The number of amides is 1. The van der Waals surface area contributed by atoms with E-state index in [1.807, 2.05) is 0 Å². The fourth-order valence-corrected chi connectivity index (χ4v) is 2.14. The summed E-state index contributed by atoms with van der Waals surface area (Å²) in [7, 11) is 0. The van der Waals surface area contributed by atoms with E-state index >= 15 is 0 Å². The molecule has 0 fully saturated rings. The number of aromatic carboxylic acids is 1. The van der Waals surface area contributed by atoms with Gasteiger partial charge in [0.1, 0.15) is 0 Å². The molecule has 114 valence electrons. The lowest BCUT2D eigenvalue weighted by Gasteiger charge is -2.10. The van der Waals surface area contributed by atoms with E-state index < -0.39 is 12.1 Å². The molecule has 1 amide bonds. The van der Waals surface area contributed by atoms with Crippen LogP contribution in [0.25, 0.3) is 0 Å². The topological polar surface area (TPSA) is 86.6 Å². The van der Waals surface area contributed by atoms with Crippen LogP contribution in [0, 0.1) is 0 Å². The summed E-state index contributed by atoms with van der Waals surface area (Å²) in [5.74, 6) is -1.36.